The third-order valence-electron chi connectivity index (χ3n) is 0.996. The van der Waals surface area contributed by atoms with Crippen molar-refractivity contribution in [3.8, 4) is 0 Å². The Balaban J connectivity index is 0. The number of benzene rings is 1. The fourth-order valence-corrected chi connectivity index (χ4v) is 0.511. The van der Waals surface area contributed by atoms with Crippen LogP contribution in [0.25, 0.3) is 0 Å². The van der Waals surface area contributed by atoms with Gasteiger partial charge in [-0.15, -0.1) is 0 Å². The van der Waals surface area contributed by atoms with E-state index in [2.05, 4.69) is 0 Å². The van der Waals surface area contributed by atoms with Gasteiger partial charge in [0.2, 0.25) is 0 Å². The van der Waals surface area contributed by atoms with Crippen molar-refractivity contribution in [1.82, 2.24) is 0 Å². The van der Waals surface area contributed by atoms with E-state index >= 15 is 0 Å². The zero-order valence-electron chi connectivity index (χ0n) is 5.84. The van der Waals surface area contributed by atoms with E-state index in [1.54, 1.807) is 12.1 Å². The molecule has 0 saturated carbocycles. The van der Waals surface area contributed by atoms with Gasteiger partial charge in [0.1, 0.15) is 0 Å². The molecule has 0 heterocycles. The van der Waals surface area contributed by atoms with E-state index in [4.69, 9.17) is 11.5 Å². The zero-order chi connectivity index (χ0) is 5.98. The molecule has 0 saturated heterocycles. The second-order valence-electron chi connectivity index (χ2n) is 1.63. The third-order valence-corrected chi connectivity index (χ3v) is 0.996. The first-order valence-electron chi connectivity index (χ1n) is 2.40. The van der Waals surface area contributed by atoms with E-state index in [-0.39, 0.29) is 13.8 Å². The summed E-state index contributed by atoms with van der Waals surface area (Å²) in [7, 11) is 0. The van der Waals surface area contributed by atoms with Crippen LogP contribution in [0, 0.1) is 0 Å². The van der Waals surface area contributed by atoms with E-state index < -0.39 is 0 Å². The Morgan fingerprint density at radius 2 is 1.33 bits per heavy atom. The number of para-hydroxylation sites is 2. The second kappa shape index (κ2) is 3.20. The van der Waals surface area contributed by atoms with Crippen LogP contribution in [0.1, 0.15) is 1.43 Å². The Labute approximate surface area is 61.7 Å². The summed E-state index contributed by atoms with van der Waals surface area (Å²) in [5.41, 5.74) is 12.1. The van der Waals surface area contributed by atoms with Crippen molar-refractivity contribution in [3.05, 3.63) is 24.3 Å². The van der Waals surface area contributed by atoms with Crippen LogP contribution in [-0.4, -0.2) is 0 Å². The number of halogens is 1. The Hall–Kier alpha value is -0.890. The highest BCUT2D eigenvalue weighted by Gasteiger charge is 1.85. The minimum Gasteiger partial charge on any atom is -1.00 e. The molecule has 1 rings (SSSR count). The van der Waals surface area contributed by atoms with Gasteiger partial charge in [-0.3, -0.25) is 0 Å². The maximum Gasteiger partial charge on any atom is 1.00 e. The fourth-order valence-electron chi connectivity index (χ4n) is 0.511. The lowest BCUT2D eigenvalue weighted by Crippen LogP contribution is -3.00. The van der Waals surface area contributed by atoms with E-state index in [0.717, 1.165) is 0 Å². The first-order chi connectivity index (χ1) is 3.80. The largest absolute Gasteiger partial charge is 1.00 e. The van der Waals surface area contributed by atoms with Crippen molar-refractivity contribution in [2.24, 2.45) is 0 Å². The average molecular weight is 145 g/mol. The summed E-state index contributed by atoms with van der Waals surface area (Å²) in [6.45, 7) is 0. The number of hydrogen-bond acceptors (Lipinski definition) is 2. The van der Waals surface area contributed by atoms with Gasteiger partial charge in [0.25, 0.3) is 0 Å². The van der Waals surface area contributed by atoms with Crippen LogP contribution in [0.15, 0.2) is 24.3 Å². The fraction of sp³-hybridized carbons (Fsp3) is 0. The van der Waals surface area contributed by atoms with E-state index in [0.29, 0.717) is 11.4 Å². The van der Waals surface area contributed by atoms with Gasteiger partial charge in [-0.1, -0.05) is 12.1 Å². The number of rotatable bonds is 0. The molecule has 0 spiro atoms. The number of hydrogen-bond donors (Lipinski definition) is 2. The molecule has 1 aromatic carbocycles. The van der Waals surface area contributed by atoms with Crippen molar-refractivity contribution < 1.29 is 13.8 Å². The van der Waals surface area contributed by atoms with E-state index in [1.165, 1.54) is 0 Å². The molecule has 0 radical (unpaired) electrons. The van der Waals surface area contributed by atoms with Gasteiger partial charge < -0.3 is 23.9 Å². The SMILES string of the molecule is Nc1ccccc1N.[Cl-].[H+]. The van der Waals surface area contributed by atoms with Crippen LogP contribution in [-0.2, 0) is 0 Å². The van der Waals surface area contributed by atoms with Crippen LogP contribution in [0.3, 0.4) is 0 Å². The van der Waals surface area contributed by atoms with Gasteiger partial charge in [-0.25, -0.2) is 0 Å². The zero-order valence-corrected chi connectivity index (χ0v) is 5.60. The smallest absolute Gasteiger partial charge is 1.00 e. The lowest BCUT2D eigenvalue weighted by Gasteiger charge is -1.94. The minimum absolute atomic E-state index is 0. The summed E-state index contributed by atoms with van der Waals surface area (Å²) in [6.07, 6.45) is 0. The lowest BCUT2D eigenvalue weighted by molar-refractivity contribution is -0.00000168. The summed E-state index contributed by atoms with van der Waals surface area (Å²) in [6, 6.07) is 7.25. The summed E-state index contributed by atoms with van der Waals surface area (Å²) in [5, 5.41) is 0. The molecular formula is C6H9ClN2. The Morgan fingerprint density at radius 3 is 1.56 bits per heavy atom. The number of nitrogens with two attached hydrogens (primary N) is 2. The molecule has 0 unspecified atom stereocenters. The monoisotopic (exact) mass is 144 g/mol. The molecule has 0 bridgehead atoms. The molecule has 0 atom stereocenters. The highest BCUT2D eigenvalue weighted by molar-refractivity contribution is 5.62. The number of nitrogen functional groups attached to an aromatic ring is 2. The topological polar surface area (TPSA) is 52.0 Å². The highest BCUT2D eigenvalue weighted by Crippen LogP contribution is 2.10. The predicted octanol–water partition coefficient (Wildman–Crippen LogP) is -2.03. The van der Waals surface area contributed by atoms with E-state index in [9.17, 15) is 0 Å². The maximum atomic E-state index is 5.39. The van der Waals surface area contributed by atoms with Crippen LogP contribution >= 0.6 is 0 Å². The van der Waals surface area contributed by atoms with Gasteiger partial charge in [0.05, 0.1) is 11.4 Å². The lowest BCUT2D eigenvalue weighted by atomic mass is 10.3. The second-order valence-corrected chi connectivity index (χ2v) is 1.63. The minimum atomic E-state index is 0. The van der Waals surface area contributed by atoms with Crippen molar-refractivity contribution in [2.45, 2.75) is 0 Å². The van der Waals surface area contributed by atoms with Gasteiger partial charge in [0, 0.05) is 0 Å². The van der Waals surface area contributed by atoms with Crippen molar-refractivity contribution >= 4 is 11.4 Å². The number of anilines is 2. The standard InChI is InChI=1S/C6H8N2.ClH/c7-5-3-1-2-4-6(5)8;/h1-4H,7-8H2;1H. The summed E-state index contributed by atoms with van der Waals surface area (Å²) < 4.78 is 0. The van der Waals surface area contributed by atoms with E-state index in [1.807, 2.05) is 12.1 Å². The maximum absolute atomic E-state index is 5.39. The molecule has 2 nitrogen and oxygen atoms in total. The Morgan fingerprint density at radius 1 is 1.00 bits per heavy atom. The Bertz CT molecular complexity index is 172. The molecule has 0 aliphatic carbocycles. The molecule has 0 fully saturated rings. The van der Waals surface area contributed by atoms with Gasteiger partial charge in [-0.2, -0.15) is 0 Å². The first kappa shape index (κ1) is 8.11. The molecule has 0 aliphatic rings. The molecule has 9 heavy (non-hydrogen) atoms. The molecule has 1 aromatic rings. The van der Waals surface area contributed by atoms with Crippen molar-refractivity contribution in [2.75, 3.05) is 11.5 Å². The van der Waals surface area contributed by atoms with Gasteiger partial charge in [0.15, 0.2) is 0 Å². The summed E-state index contributed by atoms with van der Waals surface area (Å²) >= 11 is 0. The van der Waals surface area contributed by atoms with Crippen LogP contribution in [0.2, 0.25) is 0 Å². The molecule has 50 valence electrons. The molecular weight excluding hydrogens is 136 g/mol. The van der Waals surface area contributed by atoms with Crippen LogP contribution in [0.5, 0.6) is 0 Å². The summed E-state index contributed by atoms with van der Waals surface area (Å²) in [4.78, 5) is 0. The summed E-state index contributed by atoms with van der Waals surface area (Å²) in [5.74, 6) is 0. The predicted molar refractivity (Wildman–Crippen MR) is 36.4 cm³/mol. The Kier molecular flexibility index (Phi) is 2.88. The molecule has 0 aromatic heterocycles. The van der Waals surface area contributed by atoms with Crippen molar-refractivity contribution in [1.29, 1.82) is 0 Å². The quantitative estimate of drug-likeness (QED) is 0.413. The normalized spacial score (nSPS) is 8.00. The van der Waals surface area contributed by atoms with Gasteiger partial charge >= 0.3 is 1.43 Å². The van der Waals surface area contributed by atoms with Crippen LogP contribution < -0.4 is 23.9 Å². The highest BCUT2D eigenvalue weighted by atomic mass is 35.5. The van der Waals surface area contributed by atoms with Gasteiger partial charge in [-0.05, 0) is 12.1 Å². The molecule has 0 amide bonds. The first-order valence-corrected chi connectivity index (χ1v) is 2.40. The average Bonchev–Trinajstić information content (AvgIpc) is 1.77. The van der Waals surface area contributed by atoms with Crippen LogP contribution in [0.4, 0.5) is 11.4 Å². The molecule has 4 N–H and O–H groups in total. The van der Waals surface area contributed by atoms with Crippen molar-refractivity contribution in [3.63, 3.8) is 0 Å². The molecule has 0 aliphatic heterocycles. The molecule has 3 heteroatoms. The third kappa shape index (κ3) is 1.82.